The summed E-state index contributed by atoms with van der Waals surface area (Å²) in [5.41, 5.74) is 10.9. The SMILES string of the molecule is C=C1C[C@@H]2C=Nc3cc(OCCCC(=O)Nc4cc(C(=O)Cc5cc(C(=O)Nc6cc(C(=O)NCCCOC(=O)[C@H](C)N)n(C)c6)n(C)c5)n(C)c4)c(C)cc3C(=O)N2C1. The molecule has 60 heavy (non-hydrogen) atoms. The molecule has 0 saturated carbocycles. The second-order valence-corrected chi connectivity index (χ2v) is 15.3. The van der Waals surface area contributed by atoms with E-state index in [9.17, 15) is 28.8 Å². The van der Waals surface area contributed by atoms with Gasteiger partial charge in [-0.2, -0.15) is 0 Å². The van der Waals surface area contributed by atoms with Gasteiger partial charge in [0.25, 0.3) is 17.7 Å². The average molecular weight is 822 g/mol. The Morgan fingerprint density at radius 3 is 2.33 bits per heavy atom. The lowest BCUT2D eigenvalue weighted by Crippen LogP contribution is -2.35. The van der Waals surface area contributed by atoms with Crippen molar-refractivity contribution in [1.29, 1.82) is 0 Å². The molecule has 2 atom stereocenters. The predicted octanol–water partition coefficient (Wildman–Crippen LogP) is 3.98. The summed E-state index contributed by atoms with van der Waals surface area (Å²) in [7, 11) is 5.10. The smallest absolute Gasteiger partial charge is 0.322 e. The van der Waals surface area contributed by atoms with Crippen LogP contribution in [0.1, 0.15) is 85.6 Å². The Morgan fingerprint density at radius 2 is 1.58 bits per heavy atom. The molecule has 1 aromatic carbocycles. The molecule has 1 saturated heterocycles. The van der Waals surface area contributed by atoms with Crippen LogP contribution in [0.25, 0.3) is 0 Å². The monoisotopic (exact) mass is 821 g/mol. The van der Waals surface area contributed by atoms with E-state index in [1.165, 1.54) is 6.92 Å². The number of ketones is 1. The minimum atomic E-state index is -0.715. The summed E-state index contributed by atoms with van der Waals surface area (Å²) in [6, 6.07) is 7.57. The van der Waals surface area contributed by atoms with Crippen LogP contribution in [0, 0.1) is 6.92 Å². The Morgan fingerprint density at radius 1 is 0.900 bits per heavy atom. The zero-order valence-electron chi connectivity index (χ0n) is 34.5. The fourth-order valence-corrected chi connectivity index (χ4v) is 7.12. The normalized spacial score (nSPS) is 14.9. The number of carbonyl (C=O) groups excluding carboxylic acids is 6. The Kier molecular flexibility index (Phi) is 13.2. The van der Waals surface area contributed by atoms with E-state index in [-0.39, 0.29) is 62.1 Å². The van der Waals surface area contributed by atoms with Gasteiger partial charge in [0.05, 0.1) is 47.6 Å². The largest absolute Gasteiger partial charge is 0.493 e. The second-order valence-electron chi connectivity index (χ2n) is 15.3. The lowest BCUT2D eigenvalue weighted by molar-refractivity contribution is -0.144. The number of benzene rings is 1. The van der Waals surface area contributed by atoms with Gasteiger partial charge in [-0.15, -0.1) is 0 Å². The molecule has 0 radical (unpaired) electrons. The second kappa shape index (κ2) is 18.4. The number of aliphatic imine (C=N–C) groups is 1. The lowest BCUT2D eigenvalue weighted by atomic mass is 10.1. The number of aryl methyl sites for hydroxylation is 4. The number of aromatic nitrogens is 3. The van der Waals surface area contributed by atoms with Gasteiger partial charge in [-0.3, -0.25) is 33.8 Å². The summed E-state index contributed by atoms with van der Waals surface area (Å²) in [4.78, 5) is 83.2. The van der Waals surface area contributed by atoms with Crippen LogP contribution in [0.15, 0.2) is 66.1 Å². The highest BCUT2D eigenvalue weighted by Crippen LogP contribution is 2.35. The van der Waals surface area contributed by atoms with Crippen molar-refractivity contribution in [2.24, 2.45) is 31.9 Å². The molecule has 0 spiro atoms. The van der Waals surface area contributed by atoms with Crippen LogP contribution >= 0.6 is 0 Å². The number of amides is 4. The molecular formula is C43H51N9O8. The van der Waals surface area contributed by atoms with E-state index in [0.717, 1.165) is 11.1 Å². The van der Waals surface area contributed by atoms with Gasteiger partial charge in [0.1, 0.15) is 23.2 Å². The number of ether oxygens (including phenoxy) is 2. The van der Waals surface area contributed by atoms with E-state index in [1.807, 2.05) is 6.92 Å². The number of anilines is 2. The van der Waals surface area contributed by atoms with Crippen molar-refractivity contribution < 1.29 is 38.2 Å². The maximum Gasteiger partial charge on any atom is 0.322 e. The Labute approximate surface area is 347 Å². The number of rotatable bonds is 17. The summed E-state index contributed by atoms with van der Waals surface area (Å²) in [5, 5.41) is 8.42. The molecular weight excluding hydrogens is 771 g/mol. The van der Waals surface area contributed by atoms with Gasteiger partial charge in [-0.25, -0.2) is 0 Å². The maximum absolute atomic E-state index is 13.4. The molecule has 17 heteroatoms. The van der Waals surface area contributed by atoms with Gasteiger partial charge in [-0.05, 0) is 68.5 Å². The summed E-state index contributed by atoms with van der Waals surface area (Å²) < 4.78 is 15.9. The third-order valence-electron chi connectivity index (χ3n) is 10.2. The molecule has 5 heterocycles. The van der Waals surface area contributed by atoms with Crippen molar-refractivity contribution in [2.75, 3.05) is 36.9 Å². The summed E-state index contributed by atoms with van der Waals surface area (Å²) in [5.74, 6) is -1.21. The van der Waals surface area contributed by atoms with Gasteiger partial charge < -0.3 is 49.8 Å². The highest BCUT2D eigenvalue weighted by Gasteiger charge is 2.34. The minimum absolute atomic E-state index is 0.0139. The molecule has 17 nitrogen and oxygen atoms in total. The standard InChI is InChI=1S/C43H51N9O8/c1-25-13-31-20-46-33-19-38(26(2)14-32(33)42(57)52(31)21-25)59-11-7-9-39(54)47-29-17-34(50(5)23-29)37(53)16-28-15-35(49(4)22-28)41(56)48-30-18-36(51(6)24-30)40(55)45-10-8-12-60-43(58)27(3)44/h14-15,17-20,22-24,27,31H,1,7-13,16,21,44H2,2-6H3,(H,45,55)(H,47,54)(H,48,56)/t27-,31+/m0/s1. The number of Topliss-reactive ketones (excluding diaryl/α,β-unsaturated/α-hetero) is 1. The number of nitrogens with two attached hydrogens (primary N) is 1. The fourth-order valence-electron chi connectivity index (χ4n) is 7.12. The number of carbonyl (C=O) groups is 6. The van der Waals surface area contributed by atoms with Crippen LogP contribution in [0.3, 0.4) is 0 Å². The van der Waals surface area contributed by atoms with Gasteiger partial charge >= 0.3 is 5.97 Å². The van der Waals surface area contributed by atoms with Crippen molar-refractivity contribution in [3.63, 3.8) is 0 Å². The number of nitrogens with zero attached hydrogens (tertiary/aromatic N) is 5. The molecule has 4 aromatic rings. The Balaban J connectivity index is 0.956. The molecule has 1 fully saturated rings. The van der Waals surface area contributed by atoms with E-state index in [4.69, 9.17) is 15.2 Å². The lowest BCUT2D eigenvalue weighted by Gasteiger charge is -2.20. The van der Waals surface area contributed by atoms with Gasteiger partial charge in [-0.1, -0.05) is 12.2 Å². The van der Waals surface area contributed by atoms with E-state index in [1.54, 1.807) is 94.9 Å². The van der Waals surface area contributed by atoms with Crippen LogP contribution in [0.2, 0.25) is 0 Å². The van der Waals surface area contributed by atoms with Crippen molar-refractivity contribution in [3.8, 4) is 5.75 Å². The highest BCUT2D eigenvalue weighted by molar-refractivity contribution is 6.05. The first-order chi connectivity index (χ1) is 28.6. The third kappa shape index (κ3) is 10.1. The first-order valence-corrected chi connectivity index (χ1v) is 19.7. The zero-order chi connectivity index (χ0) is 43.2. The number of hydrogen-bond acceptors (Lipinski definition) is 10. The van der Waals surface area contributed by atoms with Gasteiger partial charge in [0.15, 0.2) is 5.78 Å². The Hall–Kier alpha value is -6.75. The van der Waals surface area contributed by atoms with E-state index >= 15 is 0 Å². The third-order valence-corrected chi connectivity index (χ3v) is 10.2. The Bertz CT molecular complexity index is 2380. The molecule has 316 valence electrons. The quantitative estimate of drug-likeness (QED) is 0.0524. The van der Waals surface area contributed by atoms with Gasteiger partial charge in [0.2, 0.25) is 5.91 Å². The average Bonchev–Trinajstić information content (AvgIpc) is 3.95. The van der Waals surface area contributed by atoms with Crippen molar-refractivity contribution in [2.45, 2.75) is 58.0 Å². The summed E-state index contributed by atoms with van der Waals surface area (Å²) in [6.45, 7) is 8.62. The number of nitrogens with one attached hydrogen (secondary N) is 3. The molecule has 3 aromatic heterocycles. The molecule has 2 aliphatic rings. The van der Waals surface area contributed by atoms with Crippen molar-refractivity contribution in [1.82, 2.24) is 23.9 Å². The van der Waals surface area contributed by atoms with Crippen LogP contribution in [-0.2, 0) is 41.9 Å². The van der Waals surface area contributed by atoms with E-state index in [0.29, 0.717) is 76.8 Å². The summed E-state index contributed by atoms with van der Waals surface area (Å²) in [6.07, 6.45) is 8.52. The molecule has 5 N–H and O–H groups in total. The first-order valence-electron chi connectivity index (χ1n) is 19.7. The topological polar surface area (TPSA) is 213 Å². The molecule has 2 aliphatic heterocycles. The van der Waals surface area contributed by atoms with E-state index < -0.39 is 17.9 Å². The molecule has 4 amide bonds. The molecule has 0 aliphatic carbocycles. The number of hydrogen-bond donors (Lipinski definition) is 4. The number of esters is 1. The number of fused-ring (bicyclic) bond motifs is 2. The van der Waals surface area contributed by atoms with Crippen molar-refractivity contribution in [3.05, 3.63) is 94.8 Å². The van der Waals surface area contributed by atoms with Gasteiger partial charge in [0, 0.05) is 77.9 Å². The molecule has 6 rings (SSSR count). The van der Waals surface area contributed by atoms with Crippen LogP contribution in [0.5, 0.6) is 5.75 Å². The summed E-state index contributed by atoms with van der Waals surface area (Å²) >= 11 is 0. The first kappa shape index (κ1) is 42.8. The van der Waals surface area contributed by atoms with Crippen LogP contribution in [-0.4, -0.2) is 98.6 Å². The fraction of sp³-hybridized carbons (Fsp3) is 0.372. The zero-order valence-corrected chi connectivity index (χ0v) is 34.5. The highest BCUT2D eigenvalue weighted by atomic mass is 16.5. The minimum Gasteiger partial charge on any atom is -0.493 e. The van der Waals surface area contributed by atoms with E-state index in [2.05, 4.69) is 27.5 Å². The van der Waals surface area contributed by atoms with Crippen LogP contribution < -0.4 is 26.4 Å². The predicted molar refractivity (Wildman–Crippen MR) is 225 cm³/mol. The van der Waals surface area contributed by atoms with Crippen molar-refractivity contribution >= 4 is 58.7 Å². The maximum atomic E-state index is 13.4. The molecule has 0 unspecified atom stereocenters. The molecule has 0 bridgehead atoms. The van der Waals surface area contributed by atoms with Crippen LogP contribution in [0.4, 0.5) is 17.1 Å².